The summed E-state index contributed by atoms with van der Waals surface area (Å²) in [5.74, 6) is -0.448. The van der Waals surface area contributed by atoms with Crippen molar-refractivity contribution >= 4 is 24.3 Å². The van der Waals surface area contributed by atoms with Crippen molar-refractivity contribution < 1.29 is 14.0 Å². The maximum atomic E-state index is 12.9. The Balaban J connectivity index is 0.00000338. The highest BCUT2D eigenvalue weighted by Crippen LogP contribution is 2.05. The quantitative estimate of drug-likeness (QED) is 0.579. The fraction of sp³-hybridized carbons (Fsp3) is 0.556. The minimum absolute atomic E-state index is 0. The number of halogens is 2. The van der Waals surface area contributed by atoms with E-state index >= 15 is 0 Å². The van der Waals surface area contributed by atoms with Crippen molar-refractivity contribution in [1.29, 1.82) is 0 Å². The molecule has 0 radical (unpaired) electrons. The molecule has 8 heteroatoms. The molecule has 2 rings (SSSR count). The SMILES string of the molecule is CCCC(NC(=O)NCc1ccc(F)cc1)C(=O)NC1CCNCC1.Cl. The molecule has 0 bridgehead atoms. The van der Waals surface area contributed by atoms with Crippen molar-refractivity contribution in [2.24, 2.45) is 0 Å². The normalized spacial score (nSPS) is 15.5. The van der Waals surface area contributed by atoms with Crippen molar-refractivity contribution in [2.45, 2.75) is 51.2 Å². The Morgan fingerprint density at radius 1 is 1.23 bits per heavy atom. The van der Waals surface area contributed by atoms with Gasteiger partial charge in [0.1, 0.15) is 11.9 Å². The van der Waals surface area contributed by atoms with Gasteiger partial charge in [-0.05, 0) is 50.0 Å². The van der Waals surface area contributed by atoms with Crippen LogP contribution in [0.25, 0.3) is 0 Å². The molecule has 1 aliphatic rings. The number of urea groups is 1. The van der Waals surface area contributed by atoms with Gasteiger partial charge in [0, 0.05) is 12.6 Å². The molecule has 1 saturated heterocycles. The maximum absolute atomic E-state index is 12.9. The van der Waals surface area contributed by atoms with Gasteiger partial charge in [0.05, 0.1) is 0 Å². The van der Waals surface area contributed by atoms with Gasteiger partial charge in [-0.25, -0.2) is 9.18 Å². The Hall–Kier alpha value is -1.86. The van der Waals surface area contributed by atoms with Crippen LogP contribution in [0.4, 0.5) is 9.18 Å². The summed E-state index contributed by atoms with van der Waals surface area (Å²) in [5, 5.41) is 11.7. The smallest absolute Gasteiger partial charge is 0.315 e. The van der Waals surface area contributed by atoms with E-state index in [-0.39, 0.29) is 36.7 Å². The topological polar surface area (TPSA) is 82.3 Å². The number of hydrogen-bond acceptors (Lipinski definition) is 3. The molecule has 1 aromatic rings. The van der Waals surface area contributed by atoms with Gasteiger partial charge in [-0.1, -0.05) is 25.5 Å². The van der Waals surface area contributed by atoms with Gasteiger partial charge in [0.25, 0.3) is 0 Å². The van der Waals surface area contributed by atoms with Crippen LogP contribution in [0.2, 0.25) is 0 Å². The molecule has 6 nitrogen and oxygen atoms in total. The monoisotopic (exact) mass is 386 g/mol. The lowest BCUT2D eigenvalue weighted by atomic mass is 10.1. The first kappa shape index (κ1) is 22.2. The Kier molecular flexibility index (Phi) is 9.98. The van der Waals surface area contributed by atoms with Gasteiger partial charge < -0.3 is 21.3 Å². The maximum Gasteiger partial charge on any atom is 0.315 e. The van der Waals surface area contributed by atoms with Crippen molar-refractivity contribution in [3.05, 3.63) is 35.6 Å². The number of amides is 3. The van der Waals surface area contributed by atoms with Crippen LogP contribution in [0.15, 0.2) is 24.3 Å². The molecular weight excluding hydrogens is 359 g/mol. The van der Waals surface area contributed by atoms with E-state index in [9.17, 15) is 14.0 Å². The minimum Gasteiger partial charge on any atom is -0.351 e. The third-order valence-electron chi connectivity index (χ3n) is 4.25. The Morgan fingerprint density at radius 3 is 2.50 bits per heavy atom. The number of nitrogens with one attached hydrogen (secondary N) is 4. The average molecular weight is 387 g/mol. The standard InChI is InChI=1S/C18H27FN4O2.ClH/c1-2-3-16(17(24)22-15-8-10-20-11-9-15)23-18(25)21-12-13-4-6-14(19)7-5-13;/h4-7,15-16,20H,2-3,8-12H2,1H3,(H,22,24)(H2,21,23,25);1H. The van der Waals surface area contributed by atoms with Crippen molar-refractivity contribution in [3.8, 4) is 0 Å². The molecule has 146 valence electrons. The predicted molar refractivity (Wildman–Crippen MR) is 102 cm³/mol. The van der Waals surface area contributed by atoms with Gasteiger partial charge in [-0.15, -0.1) is 12.4 Å². The van der Waals surface area contributed by atoms with Crippen LogP contribution in [0.1, 0.15) is 38.2 Å². The van der Waals surface area contributed by atoms with E-state index in [1.165, 1.54) is 12.1 Å². The molecule has 0 saturated carbocycles. The zero-order valence-corrected chi connectivity index (χ0v) is 15.8. The van der Waals surface area contributed by atoms with Crippen molar-refractivity contribution in [1.82, 2.24) is 21.3 Å². The van der Waals surface area contributed by atoms with Crippen LogP contribution >= 0.6 is 12.4 Å². The first-order valence-electron chi connectivity index (χ1n) is 8.88. The molecule has 0 spiro atoms. The van der Waals surface area contributed by atoms with Crippen LogP contribution in [-0.2, 0) is 11.3 Å². The molecule has 1 aliphatic heterocycles. The number of carbonyl (C=O) groups excluding carboxylic acids is 2. The second-order valence-corrected chi connectivity index (χ2v) is 6.33. The summed E-state index contributed by atoms with van der Waals surface area (Å²) in [7, 11) is 0. The number of hydrogen-bond donors (Lipinski definition) is 4. The molecular formula is C18H28ClFN4O2. The van der Waals surface area contributed by atoms with E-state index in [2.05, 4.69) is 21.3 Å². The van der Waals surface area contributed by atoms with Crippen molar-refractivity contribution in [3.63, 3.8) is 0 Å². The van der Waals surface area contributed by atoms with Crippen LogP contribution in [0.3, 0.4) is 0 Å². The predicted octanol–water partition coefficient (Wildman–Crippen LogP) is 2.08. The lowest BCUT2D eigenvalue weighted by Gasteiger charge is -2.26. The number of benzene rings is 1. The van der Waals surface area contributed by atoms with Crippen LogP contribution < -0.4 is 21.3 Å². The molecule has 1 heterocycles. The molecule has 3 amide bonds. The van der Waals surface area contributed by atoms with Crippen molar-refractivity contribution in [2.75, 3.05) is 13.1 Å². The number of carbonyl (C=O) groups is 2. The molecule has 0 aliphatic carbocycles. The number of rotatable bonds is 7. The second-order valence-electron chi connectivity index (χ2n) is 6.33. The first-order chi connectivity index (χ1) is 12.1. The van der Waals surface area contributed by atoms with Gasteiger partial charge >= 0.3 is 6.03 Å². The van der Waals surface area contributed by atoms with E-state index in [0.717, 1.165) is 37.9 Å². The lowest BCUT2D eigenvalue weighted by Crippen LogP contribution is -2.53. The van der Waals surface area contributed by atoms with E-state index in [1.807, 2.05) is 6.92 Å². The lowest BCUT2D eigenvalue weighted by molar-refractivity contribution is -0.124. The zero-order chi connectivity index (χ0) is 18.1. The molecule has 1 unspecified atom stereocenters. The Labute approximate surface area is 160 Å². The third-order valence-corrected chi connectivity index (χ3v) is 4.25. The van der Waals surface area contributed by atoms with Crippen LogP contribution in [0, 0.1) is 5.82 Å². The third kappa shape index (κ3) is 7.58. The van der Waals surface area contributed by atoms with E-state index in [0.29, 0.717) is 6.42 Å². The largest absolute Gasteiger partial charge is 0.351 e. The highest BCUT2D eigenvalue weighted by atomic mass is 35.5. The number of piperidine rings is 1. The summed E-state index contributed by atoms with van der Waals surface area (Å²) in [5.41, 5.74) is 0.794. The van der Waals surface area contributed by atoms with E-state index in [1.54, 1.807) is 12.1 Å². The van der Waals surface area contributed by atoms with Crippen LogP contribution in [-0.4, -0.2) is 37.1 Å². The minimum atomic E-state index is -0.548. The summed E-state index contributed by atoms with van der Waals surface area (Å²) in [4.78, 5) is 24.5. The molecule has 26 heavy (non-hydrogen) atoms. The highest BCUT2D eigenvalue weighted by Gasteiger charge is 2.23. The molecule has 1 aromatic carbocycles. The first-order valence-corrected chi connectivity index (χ1v) is 8.88. The van der Waals surface area contributed by atoms with E-state index < -0.39 is 12.1 Å². The Bertz CT molecular complexity index is 565. The summed E-state index contributed by atoms with van der Waals surface area (Å²) in [6.07, 6.45) is 3.19. The molecule has 0 aromatic heterocycles. The summed E-state index contributed by atoms with van der Waals surface area (Å²) in [6, 6.07) is 5.14. The second kappa shape index (κ2) is 11.7. The summed E-state index contributed by atoms with van der Waals surface area (Å²) >= 11 is 0. The Morgan fingerprint density at radius 2 is 1.88 bits per heavy atom. The molecule has 1 atom stereocenters. The summed E-state index contributed by atoms with van der Waals surface area (Å²) in [6.45, 7) is 4.05. The van der Waals surface area contributed by atoms with Gasteiger partial charge in [0.2, 0.25) is 5.91 Å². The van der Waals surface area contributed by atoms with E-state index in [4.69, 9.17) is 0 Å². The summed E-state index contributed by atoms with van der Waals surface area (Å²) < 4.78 is 12.9. The fourth-order valence-corrected chi connectivity index (χ4v) is 2.82. The van der Waals surface area contributed by atoms with Gasteiger partial charge in [-0.2, -0.15) is 0 Å². The fourth-order valence-electron chi connectivity index (χ4n) is 2.82. The zero-order valence-electron chi connectivity index (χ0n) is 15.0. The average Bonchev–Trinajstić information content (AvgIpc) is 2.62. The van der Waals surface area contributed by atoms with Gasteiger partial charge in [-0.3, -0.25) is 4.79 Å². The highest BCUT2D eigenvalue weighted by molar-refractivity contribution is 5.87. The van der Waals surface area contributed by atoms with Crippen LogP contribution in [0.5, 0.6) is 0 Å². The molecule has 4 N–H and O–H groups in total. The molecule has 1 fully saturated rings. The van der Waals surface area contributed by atoms with Gasteiger partial charge in [0.15, 0.2) is 0 Å².